The summed E-state index contributed by atoms with van der Waals surface area (Å²) in [6, 6.07) is 2.27. The Morgan fingerprint density at radius 2 is 2.07 bits per heavy atom. The van der Waals surface area contributed by atoms with Crippen LogP contribution in [0.25, 0.3) is 10.9 Å². The zero-order valence-electron chi connectivity index (χ0n) is 7.26. The van der Waals surface area contributed by atoms with Crippen molar-refractivity contribution in [3.63, 3.8) is 0 Å². The molecule has 14 heavy (non-hydrogen) atoms. The first-order valence-corrected chi connectivity index (χ1v) is 3.91. The molecule has 0 amide bonds. The lowest BCUT2D eigenvalue weighted by Gasteiger charge is -1.99. The maximum absolute atomic E-state index is 12.9. The van der Waals surface area contributed by atoms with E-state index >= 15 is 0 Å². The number of benzene rings is 1. The minimum atomic E-state index is -0.836. The number of hydrogen-bond donors (Lipinski definition) is 1. The van der Waals surface area contributed by atoms with Crippen molar-refractivity contribution in [3.05, 3.63) is 44.5 Å². The van der Waals surface area contributed by atoms with E-state index < -0.39 is 17.2 Å². The summed E-state index contributed by atoms with van der Waals surface area (Å²) in [5.74, 6) is -1.37. The molecule has 2 rings (SSSR count). The summed E-state index contributed by atoms with van der Waals surface area (Å²) in [5.41, 5.74) is -0.0241. The normalized spacial score (nSPS) is 10.7. The van der Waals surface area contributed by atoms with Crippen LogP contribution in [0.2, 0.25) is 0 Å². The Balaban J connectivity index is 3.10. The Morgan fingerprint density at radius 3 is 2.79 bits per heavy atom. The van der Waals surface area contributed by atoms with Crippen LogP contribution in [0.1, 0.15) is 5.56 Å². The zero-order valence-corrected chi connectivity index (χ0v) is 7.26. The van der Waals surface area contributed by atoms with Crippen LogP contribution in [0, 0.1) is 12.7 Å². The molecule has 1 aromatic heterocycles. The Bertz CT molecular complexity index is 611. The van der Waals surface area contributed by atoms with E-state index in [9.17, 15) is 14.0 Å². The van der Waals surface area contributed by atoms with Crippen LogP contribution >= 0.6 is 0 Å². The Labute approximate surface area is 77.0 Å². The molecule has 1 N–H and O–H groups in total. The first-order chi connectivity index (χ1) is 6.58. The van der Waals surface area contributed by atoms with Crippen molar-refractivity contribution < 1.29 is 8.81 Å². The number of aromatic amines is 1. The Morgan fingerprint density at radius 1 is 1.36 bits per heavy atom. The van der Waals surface area contributed by atoms with Gasteiger partial charge in [0.2, 0.25) is 0 Å². The zero-order chi connectivity index (χ0) is 10.3. The summed E-state index contributed by atoms with van der Waals surface area (Å²) in [4.78, 5) is 24.3. The third-order valence-corrected chi connectivity index (χ3v) is 1.93. The van der Waals surface area contributed by atoms with Crippen LogP contribution in [-0.4, -0.2) is 4.98 Å². The van der Waals surface area contributed by atoms with Crippen LogP contribution < -0.4 is 11.4 Å². The predicted molar refractivity (Wildman–Crippen MR) is 47.8 cm³/mol. The molecule has 0 atom stereocenters. The monoisotopic (exact) mass is 195 g/mol. The van der Waals surface area contributed by atoms with Crippen molar-refractivity contribution in [3.8, 4) is 0 Å². The van der Waals surface area contributed by atoms with E-state index in [1.807, 2.05) is 0 Å². The SMILES string of the molecule is Cc1cc(F)cc2c(=O)oc(=O)[nH]c12. The van der Waals surface area contributed by atoms with Crippen molar-refractivity contribution in [2.45, 2.75) is 6.92 Å². The van der Waals surface area contributed by atoms with Gasteiger partial charge in [0.25, 0.3) is 0 Å². The molecule has 1 aromatic carbocycles. The molecule has 0 saturated heterocycles. The number of aryl methyl sites for hydroxylation is 1. The molecule has 0 saturated carbocycles. The van der Waals surface area contributed by atoms with Gasteiger partial charge in [0.1, 0.15) is 5.82 Å². The van der Waals surface area contributed by atoms with Gasteiger partial charge in [0.15, 0.2) is 0 Å². The van der Waals surface area contributed by atoms with Gasteiger partial charge in [-0.2, -0.15) is 0 Å². The molecule has 0 bridgehead atoms. The van der Waals surface area contributed by atoms with Gasteiger partial charge in [-0.1, -0.05) is 0 Å². The first kappa shape index (κ1) is 8.68. The van der Waals surface area contributed by atoms with Crippen LogP contribution in [-0.2, 0) is 0 Å². The molecule has 0 aliphatic carbocycles. The minimum Gasteiger partial charge on any atom is -0.372 e. The molecule has 72 valence electrons. The summed E-state index contributed by atoms with van der Waals surface area (Å²) in [6.45, 7) is 1.60. The molecule has 0 fully saturated rings. The summed E-state index contributed by atoms with van der Waals surface area (Å²) < 4.78 is 17.2. The molecular weight excluding hydrogens is 189 g/mol. The average molecular weight is 195 g/mol. The van der Waals surface area contributed by atoms with E-state index in [2.05, 4.69) is 9.40 Å². The number of nitrogens with one attached hydrogen (secondary N) is 1. The van der Waals surface area contributed by atoms with Crippen molar-refractivity contribution in [2.24, 2.45) is 0 Å². The average Bonchev–Trinajstić information content (AvgIpc) is 2.07. The summed E-state index contributed by atoms with van der Waals surface area (Å²) in [7, 11) is 0. The van der Waals surface area contributed by atoms with Gasteiger partial charge < -0.3 is 4.42 Å². The summed E-state index contributed by atoms with van der Waals surface area (Å²) in [5, 5.41) is 0.0436. The standard InChI is InChI=1S/C9H6FNO3/c1-4-2-5(10)3-6-7(4)11-9(13)14-8(6)12/h2-3H,1H3,(H,11,13). The molecule has 0 aliphatic rings. The fraction of sp³-hybridized carbons (Fsp3) is 0.111. The van der Waals surface area contributed by atoms with E-state index in [1.54, 1.807) is 6.92 Å². The maximum atomic E-state index is 12.9. The van der Waals surface area contributed by atoms with Crippen molar-refractivity contribution in [1.82, 2.24) is 4.98 Å². The fourth-order valence-corrected chi connectivity index (χ4v) is 1.34. The highest BCUT2D eigenvalue weighted by Gasteiger charge is 2.06. The number of rotatable bonds is 0. The summed E-state index contributed by atoms with van der Waals surface area (Å²) >= 11 is 0. The van der Waals surface area contributed by atoms with Gasteiger partial charge >= 0.3 is 11.4 Å². The van der Waals surface area contributed by atoms with Crippen LogP contribution in [0.15, 0.2) is 26.1 Å². The highest BCUT2D eigenvalue weighted by molar-refractivity contribution is 5.79. The van der Waals surface area contributed by atoms with Crippen molar-refractivity contribution in [2.75, 3.05) is 0 Å². The topological polar surface area (TPSA) is 63.1 Å². The second-order valence-corrected chi connectivity index (χ2v) is 2.95. The Hall–Kier alpha value is -1.91. The molecule has 0 aliphatic heterocycles. The third kappa shape index (κ3) is 1.22. The molecule has 0 spiro atoms. The lowest BCUT2D eigenvalue weighted by Crippen LogP contribution is -2.15. The Kier molecular flexibility index (Phi) is 1.73. The molecule has 0 unspecified atom stereocenters. The van der Waals surface area contributed by atoms with Gasteiger partial charge in [0.05, 0.1) is 10.9 Å². The first-order valence-electron chi connectivity index (χ1n) is 3.91. The van der Waals surface area contributed by atoms with E-state index in [-0.39, 0.29) is 5.39 Å². The highest BCUT2D eigenvalue weighted by Crippen LogP contribution is 2.13. The van der Waals surface area contributed by atoms with Crippen molar-refractivity contribution in [1.29, 1.82) is 0 Å². The van der Waals surface area contributed by atoms with E-state index in [1.165, 1.54) is 6.07 Å². The second kappa shape index (κ2) is 2.80. The molecular formula is C9H6FNO3. The maximum Gasteiger partial charge on any atom is 0.419 e. The van der Waals surface area contributed by atoms with E-state index in [4.69, 9.17) is 0 Å². The fourth-order valence-electron chi connectivity index (χ4n) is 1.34. The third-order valence-electron chi connectivity index (χ3n) is 1.93. The number of halogens is 1. The van der Waals surface area contributed by atoms with Gasteiger partial charge in [0, 0.05) is 0 Å². The molecule has 4 nitrogen and oxygen atoms in total. The quantitative estimate of drug-likeness (QED) is 0.680. The lowest BCUT2D eigenvalue weighted by atomic mass is 10.1. The molecule has 2 aromatic rings. The van der Waals surface area contributed by atoms with Crippen LogP contribution in [0.5, 0.6) is 0 Å². The molecule has 1 heterocycles. The minimum absolute atomic E-state index is 0.0436. The predicted octanol–water partition coefficient (Wildman–Crippen LogP) is 0.929. The summed E-state index contributed by atoms with van der Waals surface area (Å²) in [6.07, 6.45) is 0. The lowest BCUT2D eigenvalue weighted by molar-refractivity contribution is 0.459. The molecule has 0 radical (unpaired) electrons. The second-order valence-electron chi connectivity index (χ2n) is 2.95. The molecule has 5 heteroatoms. The highest BCUT2D eigenvalue weighted by atomic mass is 19.1. The number of H-pyrrole nitrogens is 1. The van der Waals surface area contributed by atoms with Gasteiger partial charge in [-0.25, -0.2) is 14.0 Å². The van der Waals surface area contributed by atoms with Crippen LogP contribution in [0.4, 0.5) is 4.39 Å². The van der Waals surface area contributed by atoms with Gasteiger partial charge in [-0.05, 0) is 24.6 Å². The number of aromatic nitrogens is 1. The van der Waals surface area contributed by atoms with Gasteiger partial charge in [-0.15, -0.1) is 0 Å². The number of fused-ring (bicyclic) bond motifs is 1. The van der Waals surface area contributed by atoms with E-state index in [0.717, 1.165) is 6.07 Å². The smallest absolute Gasteiger partial charge is 0.372 e. The van der Waals surface area contributed by atoms with E-state index in [0.29, 0.717) is 11.1 Å². The van der Waals surface area contributed by atoms with Crippen LogP contribution in [0.3, 0.4) is 0 Å². The van der Waals surface area contributed by atoms with Crippen molar-refractivity contribution >= 4 is 10.9 Å². The number of hydrogen-bond acceptors (Lipinski definition) is 3. The van der Waals surface area contributed by atoms with Gasteiger partial charge in [-0.3, -0.25) is 4.98 Å². The largest absolute Gasteiger partial charge is 0.419 e.